The zero-order valence-electron chi connectivity index (χ0n) is 15.0. The van der Waals surface area contributed by atoms with Crippen LogP contribution in [0.5, 0.6) is 0 Å². The minimum Gasteiger partial charge on any atom is -0.370 e. The van der Waals surface area contributed by atoms with E-state index < -0.39 is 0 Å². The molecule has 3 heterocycles. The van der Waals surface area contributed by atoms with Crippen molar-refractivity contribution in [1.29, 1.82) is 0 Å². The minimum atomic E-state index is -0.316. The number of nitrogens with zero attached hydrogens (tertiary/aromatic N) is 5. The van der Waals surface area contributed by atoms with Crippen molar-refractivity contribution in [2.45, 2.75) is 52.5 Å². The molecule has 1 saturated heterocycles. The van der Waals surface area contributed by atoms with E-state index in [2.05, 4.69) is 24.8 Å². The molecule has 2 aromatic rings. The third-order valence-electron chi connectivity index (χ3n) is 4.36. The van der Waals surface area contributed by atoms with Crippen molar-refractivity contribution in [3.63, 3.8) is 0 Å². The Morgan fingerprint density at radius 2 is 1.88 bits per heavy atom. The maximum atomic E-state index is 11.1. The maximum absolute atomic E-state index is 11.1. The zero-order chi connectivity index (χ0) is 18.0. The molecular weight excluding hydrogens is 316 g/mol. The Labute approximate surface area is 147 Å². The number of rotatable bonds is 5. The third kappa shape index (κ3) is 4.10. The second-order valence-electron chi connectivity index (χ2n) is 6.60. The Hall–Kier alpha value is -2.57. The fraction of sp³-hybridized carbons (Fsp3) is 0.500. The van der Waals surface area contributed by atoms with Crippen LogP contribution in [0, 0.1) is 20.8 Å². The molecule has 132 valence electrons. The molecule has 1 fully saturated rings. The highest BCUT2D eigenvalue weighted by Crippen LogP contribution is 2.34. The first-order valence-electron chi connectivity index (χ1n) is 8.64. The Kier molecular flexibility index (Phi) is 4.92. The number of aromatic nitrogens is 4. The predicted molar refractivity (Wildman–Crippen MR) is 95.1 cm³/mol. The average molecular weight is 340 g/mol. The van der Waals surface area contributed by atoms with Gasteiger partial charge in [-0.25, -0.2) is 19.9 Å². The summed E-state index contributed by atoms with van der Waals surface area (Å²) in [6, 6.07) is 4.10. The molecule has 7 heteroatoms. The largest absolute Gasteiger partial charge is 0.370 e. The van der Waals surface area contributed by atoms with E-state index in [-0.39, 0.29) is 11.9 Å². The molecular formula is C18H24N6O. The second kappa shape index (κ2) is 7.13. The lowest BCUT2D eigenvalue weighted by Gasteiger charge is -2.25. The molecule has 1 aliphatic rings. The van der Waals surface area contributed by atoms with Gasteiger partial charge in [0.05, 0.1) is 11.7 Å². The van der Waals surface area contributed by atoms with Crippen molar-refractivity contribution in [3.05, 3.63) is 40.7 Å². The summed E-state index contributed by atoms with van der Waals surface area (Å²) in [5.74, 6) is 1.16. The molecule has 1 atom stereocenters. The fourth-order valence-corrected chi connectivity index (χ4v) is 3.35. The van der Waals surface area contributed by atoms with Crippen LogP contribution >= 0.6 is 0 Å². The third-order valence-corrected chi connectivity index (χ3v) is 4.36. The minimum absolute atomic E-state index is 0.134. The smallest absolute Gasteiger partial charge is 0.226 e. The summed E-state index contributed by atoms with van der Waals surface area (Å²) in [5.41, 5.74) is 9.01. The number of amides is 1. The fourth-order valence-electron chi connectivity index (χ4n) is 3.35. The highest BCUT2D eigenvalue weighted by atomic mass is 16.1. The van der Waals surface area contributed by atoms with Crippen molar-refractivity contribution < 1.29 is 4.79 Å². The molecule has 7 nitrogen and oxygen atoms in total. The van der Waals surface area contributed by atoms with E-state index in [0.29, 0.717) is 18.7 Å². The number of aryl methyl sites for hydroxylation is 4. The summed E-state index contributed by atoms with van der Waals surface area (Å²) >= 11 is 0. The highest BCUT2D eigenvalue weighted by Gasteiger charge is 2.30. The second-order valence-corrected chi connectivity index (χ2v) is 6.60. The number of carbonyl (C=O) groups excluding carboxylic acids is 1. The lowest BCUT2D eigenvalue weighted by Crippen LogP contribution is -2.26. The molecule has 0 spiro atoms. The number of hydrogen-bond donors (Lipinski definition) is 1. The number of carbonyl (C=O) groups is 1. The number of hydrogen-bond acceptors (Lipinski definition) is 6. The normalized spacial score (nSPS) is 17.1. The number of anilines is 1. The van der Waals surface area contributed by atoms with E-state index in [1.807, 2.05) is 32.9 Å². The van der Waals surface area contributed by atoms with E-state index in [4.69, 9.17) is 5.73 Å². The molecule has 0 aliphatic carbocycles. The molecule has 1 aliphatic heterocycles. The van der Waals surface area contributed by atoms with E-state index >= 15 is 0 Å². The molecule has 0 unspecified atom stereocenters. The first-order chi connectivity index (χ1) is 11.9. The predicted octanol–water partition coefficient (Wildman–Crippen LogP) is 1.95. The van der Waals surface area contributed by atoms with Crippen LogP contribution in [0.4, 0.5) is 5.95 Å². The number of nitrogens with two attached hydrogens (primary N) is 1. The summed E-state index contributed by atoms with van der Waals surface area (Å²) in [6.45, 7) is 6.76. The van der Waals surface area contributed by atoms with E-state index in [9.17, 15) is 4.79 Å². The van der Waals surface area contributed by atoms with Gasteiger partial charge in [-0.2, -0.15) is 0 Å². The van der Waals surface area contributed by atoms with Crippen molar-refractivity contribution >= 4 is 11.9 Å². The van der Waals surface area contributed by atoms with E-state index in [0.717, 1.165) is 48.1 Å². The molecule has 3 rings (SSSR count). The molecule has 0 radical (unpaired) electrons. The van der Waals surface area contributed by atoms with Gasteiger partial charge in [-0.05, 0) is 52.2 Å². The topological polar surface area (TPSA) is 97.9 Å². The summed E-state index contributed by atoms with van der Waals surface area (Å²) in [4.78, 5) is 31.6. The van der Waals surface area contributed by atoms with Crippen LogP contribution in [-0.2, 0) is 11.2 Å². The average Bonchev–Trinajstić information content (AvgIpc) is 3.01. The first-order valence-corrected chi connectivity index (χ1v) is 8.64. The van der Waals surface area contributed by atoms with Gasteiger partial charge in [0.25, 0.3) is 0 Å². The quantitative estimate of drug-likeness (QED) is 0.893. The Bertz CT molecular complexity index is 771. The molecule has 25 heavy (non-hydrogen) atoms. The van der Waals surface area contributed by atoms with Gasteiger partial charge < -0.3 is 10.6 Å². The van der Waals surface area contributed by atoms with Crippen molar-refractivity contribution in [1.82, 2.24) is 19.9 Å². The summed E-state index contributed by atoms with van der Waals surface area (Å²) < 4.78 is 0. The van der Waals surface area contributed by atoms with Crippen molar-refractivity contribution in [2.75, 3.05) is 11.4 Å². The number of primary amides is 1. The van der Waals surface area contributed by atoms with Crippen LogP contribution in [0.1, 0.15) is 53.9 Å². The SMILES string of the molecule is Cc1cc(C)nc(N2CCC[C@H]2c2cc(CCC(N)=O)nc(C)n2)n1. The van der Waals surface area contributed by atoms with Crippen LogP contribution in [-0.4, -0.2) is 32.4 Å². The van der Waals surface area contributed by atoms with Gasteiger partial charge in [-0.3, -0.25) is 4.79 Å². The monoisotopic (exact) mass is 340 g/mol. The van der Waals surface area contributed by atoms with Gasteiger partial charge in [0.1, 0.15) is 5.82 Å². The summed E-state index contributed by atoms with van der Waals surface area (Å²) in [5, 5.41) is 0. The van der Waals surface area contributed by atoms with Crippen LogP contribution in [0.3, 0.4) is 0 Å². The Morgan fingerprint density at radius 3 is 2.56 bits per heavy atom. The van der Waals surface area contributed by atoms with Crippen molar-refractivity contribution in [3.8, 4) is 0 Å². The maximum Gasteiger partial charge on any atom is 0.226 e. The van der Waals surface area contributed by atoms with Gasteiger partial charge in [-0.15, -0.1) is 0 Å². The van der Waals surface area contributed by atoms with Gasteiger partial charge in [0.2, 0.25) is 11.9 Å². The first kappa shape index (κ1) is 17.3. The van der Waals surface area contributed by atoms with E-state index in [1.165, 1.54) is 0 Å². The summed E-state index contributed by atoms with van der Waals surface area (Å²) in [7, 11) is 0. The lowest BCUT2D eigenvalue weighted by molar-refractivity contribution is -0.118. The van der Waals surface area contributed by atoms with Gasteiger partial charge in [0.15, 0.2) is 0 Å². The molecule has 0 saturated carbocycles. The van der Waals surface area contributed by atoms with Crippen LogP contribution < -0.4 is 10.6 Å². The van der Waals surface area contributed by atoms with Gasteiger partial charge >= 0.3 is 0 Å². The van der Waals surface area contributed by atoms with Gasteiger partial charge in [0, 0.05) is 30.0 Å². The molecule has 1 amide bonds. The highest BCUT2D eigenvalue weighted by molar-refractivity contribution is 5.73. The zero-order valence-corrected chi connectivity index (χ0v) is 15.0. The van der Waals surface area contributed by atoms with Gasteiger partial charge in [-0.1, -0.05) is 0 Å². The standard InChI is InChI=1S/C18H24N6O/c1-11-9-12(2)21-18(20-11)24-8-4-5-16(24)15-10-14(6-7-17(19)25)22-13(3)23-15/h9-10,16H,4-8H2,1-3H3,(H2,19,25)/t16-/m0/s1. The Morgan fingerprint density at radius 1 is 1.16 bits per heavy atom. The molecule has 2 aromatic heterocycles. The van der Waals surface area contributed by atoms with Crippen LogP contribution in [0.25, 0.3) is 0 Å². The van der Waals surface area contributed by atoms with Crippen LogP contribution in [0.15, 0.2) is 12.1 Å². The van der Waals surface area contributed by atoms with E-state index in [1.54, 1.807) is 0 Å². The van der Waals surface area contributed by atoms with Crippen LogP contribution in [0.2, 0.25) is 0 Å². The molecule has 0 aromatic carbocycles. The molecule has 0 bridgehead atoms. The lowest BCUT2D eigenvalue weighted by atomic mass is 10.1. The molecule has 2 N–H and O–H groups in total. The van der Waals surface area contributed by atoms with Crippen molar-refractivity contribution in [2.24, 2.45) is 5.73 Å². The Balaban J connectivity index is 1.90. The summed E-state index contributed by atoms with van der Waals surface area (Å²) in [6.07, 6.45) is 2.91.